The first-order valence-corrected chi connectivity index (χ1v) is 4.64. The molecule has 0 aliphatic rings. The van der Waals surface area contributed by atoms with Crippen molar-refractivity contribution in [2.24, 2.45) is 0 Å². The maximum atomic E-state index is 5.76. The highest BCUT2D eigenvalue weighted by atomic mass is 14.8. The molecule has 0 atom stereocenters. The molecule has 0 amide bonds. The molecule has 0 unspecified atom stereocenters. The minimum absolute atomic E-state index is 0.531. The predicted molar refractivity (Wildman–Crippen MR) is 59.2 cm³/mol. The first kappa shape index (κ1) is 9.90. The molecule has 0 heterocycles. The number of nitrogens with two attached hydrogens (primary N) is 1. The third-order valence-corrected chi connectivity index (χ3v) is 2.26. The number of rotatable bonds is 2. The van der Waals surface area contributed by atoms with Gasteiger partial charge in [-0.25, -0.2) is 0 Å². The zero-order valence-electron chi connectivity index (χ0n) is 8.81. The Morgan fingerprint density at radius 1 is 1.31 bits per heavy atom. The average Bonchev–Trinajstić information content (AvgIpc) is 2.01. The summed E-state index contributed by atoms with van der Waals surface area (Å²) >= 11 is 0. The molecule has 2 heteroatoms. The fraction of sp³-hybridized carbons (Fsp3) is 0.455. The molecule has 1 rings (SSSR count). The third-order valence-electron chi connectivity index (χ3n) is 2.26. The van der Waals surface area contributed by atoms with Crippen molar-refractivity contribution in [3.05, 3.63) is 23.3 Å². The smallest absolute Gasteiger partial charge is 0.0396 e. The lowest BCUT2D eigenvalue weighted by molar-refractivity contribution is 0.858. The molecule has 0 bridgehead atoms. The summed E-state index contributed by atoms with van der Waals surface area (Å²) < 4.78 is 0. The zero-order valence-corrected chi connectivity index (χ0v) is 8.81. The van der Waals surface area contributed by atoms with Crippen LogP contribution in [0.2, 0.25) is 0 Å². The van der Waals surface area contributed by atoms with Gasteiger partial charge in [0.1, 0.15) is 0 Å². The van der Waals surface area contributed by atoms with Crippen LogP contribution in [0.15, 0.2) is 12.1 Å². The molecule has 1 aromatic carbocycles. The van der Waals surface area contributed by atoms with E-state index in [0.717, 1.165) is 11.4 Å². The molecule has 0 aliphatic carbocycles. The lowest BCUT2D eigenvalue weighted by Crippen LogP contribution is -2.01. The molecular formula is C11H18N2. The number of hydrogen-bond donors (Lipinski definition) is 2. The second kappa shape index (κ2) is 3.69. The van der Waals surface area contributed by atoms with Gasteiger partial charge in [-0.15, -0.1) is 0 Å². The molecule has 13 heavy (non-hydrogen) atoms. The van der Waals surface area contributed by atoms with E-state index in [0.29, 0.717) is 5.92 Å². The van der Waals surface area contributed by atoms with Crippen LogP contribution in [-0.4, -0.2) is 7.05 Å². The molecule has 0 aromatic heterocycles. The standard InChI is InChI=1S/C11H18N2/c1-7(2)11-8(3)5-9(12)6-10(11)13-4/h5-7,13H,12H2,1-4H3. The van der Waals surface area contributed by atoms with Crippen LogP contribution in [0.1, 0.15) is 30.9 Å². The molecule has 72 valence electrons. The number of hydrogen-bond acceptors (Lipinski definition) is 2. The van der Waals surface area contributed by atoms with Gasteiger partial charge in [-0.3, -0.25) is 0 Å². The van der Waals surface area contributed by atoms with Crippen molar-refractivity contribution in [1.29, 1.82) is 0 Å². The molecule has 1 aromatic rings. The van der Waals surface area contributed by atoms with E-state index in [4.69, 9.17) is 5.73 Å². The van der Waals surface area contributed by atoms with Crippen LogP contribution in [0.5, 0.6) is 0 Å². The fourth-order valence-electron chi connectivity index (χ4n) is 1.80. The maximum Gasteiger partial charge on any atom is 0.0396 e. The van der Waals surface area contributed by atoms with Crippen LogP contribution in [0.4, 0.5) is 11.4 Å². The zero-order chi connectivity index (χ0) is 10.0. The van der Waals surface area contributed by atoms with E-state index in [1.807, 2.05) is 19.2 Å². The van der Waals surface area contributed by atoms with Crippen molar-refractivity contribution in [3.8, 4) is 0 Å². The van der Waals surface area contributed by atoms with Crippen LogP contribution < -0.4 is 11.1 Å². The third kappa shape index (κ3) is 1.94. The highest BCUT2D eigenvalue weighted by Gasteiger charge is 2.09. The van der Waals surface area contributed by atoms with E-state index in [1.54, 1.807) is 0 Å². The van der Waals surface area contributed by atoms with Crippen molar-refractivity contribution in [3.63, 3.8) is 0 Å². The molecule has 3 N–H and O–H groups in total. The summed E-state index contributed by atoms with van der Waals surface area (Å²) in [6.07, 6.45) is 0. The van der Waals surface area contributed by atoms with Gasteiger partial charge < -0.3 is 11.1 Å². The van der Waals surface area contributed by atoms with Crippen LogP contribution in [0, 0.1) is 6.92 Å². The molecule has 0 radical (unpaired) electrons. The SMILES string of the molecule is CNc1cc(N)cc(C)c1C(C)C. The van der Waals surface area contributed by atoms with Gasteiger partial charge in [-0.1, -0.05) is 13.8 Å². The number of nitrogen functional groups attached to an aromatic ring is 1. The van der Waals surface area contributed by atoms with E-state index < -0.39 is 0 Å². The number of benzene rings is 1. The van der Waals surface area contributed by atoms with Crippen LogP contribution in [0.3, 0.4) is 0 Å². The largest absolute Gasteiger partial charge is 0.399 e. The first-order chi connectivity index (χ1) is 6.06. The Hall–Kier alpha value is -1.18. The van der Waals surface area contributed by atoms with E-state index in [1.165, 1.54) is 11.1 Å². The topological polar surface area (TPSA) is 38.0 Å². The maximum absolute atomic E-state index is 5.76. The average molecular weight is 178 g/mol. The minimum Gasteiger partial charge on any atom is -0.399 e. The summed E-state index contributed by atoms with van der Waals surface area (Å²) in [5.74, 6) is 0.531. The van der Waals surface area contributed by atoms with Crippen LogP contribution in [0.25, 0.3) is 0 Å². The Kier molecular flexibility index (Phi) is 2.81. The monoisotopic (exact) mass is 178 g/mol. The van der Waals surface area contributed by atoms with Gasteiger partial charge >= 0.3 is 0 Å². The Morgan fingerprint density at radius 3 is 2.38 bits per heavy atom. The molecular weight excluding hydrogens is 160 g/mol. The van der Waals surface area contributed by atoms with Crippen molar-refractivity contribution < 1.29 is 0 Å². The van der Waals surface area contributed by atoms with Crippen molar-refractivity contribution in [1.82, 2.24) is 0 Å². The van der Waals surface area contributed by atoms with Gasteiger partial charge in [0.25, 0.3) is 0 Å². The molecule has 0 saturated carbocycles. The Morgan fingerprint density at radius 2 is 1.92 bits per heavy atom. The van der Waals surface area contributed by atoms with Gasteiger partial charge in [0.15, 0.2) is 0 Å². The number of nitrogens with one attached hydrogen (secondary N) is 1. The lowest BCUT2D eigenvalue weighted by atomic mass is 9.95. The summed E-state index contributed by atoms with van der Waals surface area (Å²) in [5.41, 5.74) is 10.4. The summed E-state index contributed by atoms with van der Waals surface area (Å²) in [4.78, 5) is 0. The van der Waals surface area contributed by atoms with E-state index >= 15 is 0 Å². The second-order valence-corrected chi connectivity index (χ2v) is 3.70. The molecule has 2 nitrogen and oxygen atoms in total. The highest BCUT2D eigenvalue weighted by Crippen LogP contribution is 2.29. The molecule has 0 saturated heterocycles. The van der Waals surface area contributed by atoms with Crippen LogP contribution >= 0.6 is 0 Å². The number of anilines is 2. The van der Waals surface area contributed by atoms with Gasteiger partial charge in [0.2, 0.25) is 0 Å². The summed E-state index contributed by atoms with van der Waals surface area (Å²) in [6, 6.07) is 4.01. The Labute approximate surface area is 80.1 Å². The minimum atomic E-state index is 0.531. The second-order valence-electron chi connectivity index (χ2n) is 3.70. The summed E-state index contributed by atoms with van der Waals surface area (Å²) in [6.45, 7) is 6.49. The molecule has 0 spiro atoms. The first-order valence-electron chi connectivity index (χ1n) is 4.64. The van der Waals surface area contributed by atoms with Gasteiger partial charge in [0, 0.05) is 18.4 Å². The molecule has 0 aliphatic heterocycles. The predicted octanol–water partition coefficient (Wildman–Crippen LogP) is 2.74. The normalized spacial score (nSPS) is 10.5. The van der Waals surface area contributed by atoms with Gasteiger partial charge in [-0.2, -0.15) is 0 Å². The Balaban J connectivity index is 3.30. The fourth-order valence-corrected chi connectivity index (χ4v) is 1.80. The van der Waals surface area contributed by atoms with Crippen molar-refractivity contribution in [2.45, 2.75) is 26.7 Å². The van der Waals surface area contributed by atoms with E-state index in [-0.39, 0.29) is 0 Å². The quantitative estimate of drug-likeness (QED) is 0.683. The van der Waals surface area contributed by atoms with E-state index in [9.17, 15) is 0 Å². The van der Waals surface area contributed by atoms with E-state index in [2.05, 4.69) is 26.1 Å². The summed E-state index contributed by atoms with van der Waals surface area (Å²) in [5, 5.41) is 3.18. The van der Waals surface area contributed by atoms with Crippen molar-refractivity contribution >= 4 is 11.4 Å². The molecule has 0 fully saturated rings. The van der Waals surface area contributed by atoms with Crippen LogP contribution in [-0.2, 0) is 0 Å². The lowest BCUT2D eigenvalue weighted by Gasteiger charge is -2.16. The van der Waals surface area contributed by atoms with Gasteiger partial charge in [-0.05, 0) is 36.1 Å². The van der Waals surface area contributed by atoms with Crippen molar-refractivity contribution in [2.75, 3.05) is 18.1 Å². The number of aryl methyl sites for hydroxylation is 1. The van der Waals surface area contributed by atoms with Gasteiger partial charge in [0.05, 0.1) is 0 Å². The Bertz CT molecular complexity index is 303. The summed E-state index contributed by atoms with van der Waals surface area (Å²) in [7, 11) is 1.93. The highest BCUT2D eigenvalue weighted by molar-refractivity contribution is 5.63.